The van der Waals surface area contributed by atoms with E-state index in [0.29, 0.717) is 5.69 Å². The van der Waals surface area contributed by atoms with Crippen LogP contribution in [0.2, 0.25) is 0 Å². The topological polar surface area (TPSA) is 61.0 Å². The molecule has 0 unspecified atom stereocenters. The van der Waals surface area contributed by atoms with E-state index >= 15 is 0 Å². The van der Waals surface area contributed by atoms with Gasteiger partial charge in [-0.1, -0.05) is 42.2 Å². The van der Waals surface area contributed by atoms with Crippen LogP contribution in [-0.2, 0) is 0 Å². The summed E-state index contributed by atoms with van der Waals surface area (Å²) in [5.41, 5.74) is 4.16. The SMILES string of the molecule is CN(C)c1ccc(C#CCNC(=O)c2cc(-c3ccccc3)n[nH]2)cc1. The number of carbonyl (C=O) groups excluding carboxylic acids is 1. The van der Waals surface area contributed by atoms with Gasteiger partial charge in [0.2, 0.25) is 0 Å². The number of nitrogens with one attached hydrogen (secondary N) is 2. The summed E-state index contributed by atoms with van der Waals surface area (Å²) in [6.07, 6.45) is 0. The predicted octanol–water partition coefficient (Wildman–Crippen LogP) is 2.92. The minimum absolute atomic E-state index is 0.225. The number of anilines is 1. The average molecular weight is 344 g/mol. The molecule has 1 heterocycles. The van der Waals surface area contributed by atoms with E-state index in [-0.39, 0.29) is 12.5 Å². The van der Waals surface area contributed by atoms with Gasteiger partial charge in [0.1, 0.15) is 5.69 Å². The number of aromatic nitrogens is 2. The number of rotatable bonds is 4. The molecule has 3 rings (SSSR count). The maximum Gasteiger partial charge on any atom is 0.270 e. The van der Waals surface area contributed by atoms with Crippen LogP contribution >= 0.6 is 0 Å². The molecule has 5 nitrogen and oxygen atoms in total. The van der Waals surface area contributed by atoms with Crippen LogP contribution in [0.4, 0.5) is 5.69 Å². The molecule has 0 atom stereocenters. The first-order valence-electron chi connectivity index (χ1n) is 8.29. The van der Waals surface area contributed by atoms with Crippen molar-refractivity contribution in [2.24, 2.45) is 0 Å². The van der Waals surface area contributed by atoms with E-state index in [4.69, 9.17) is 0 Å². The van der Waals surface area contributed by atoms with Gasteiger partial charge in [0.15, 0.2) is 0 Å². The number of benzene rings is 2. The smallest absolute Gasteiger partial charge is 0.270 e. The van der Waals surface area contributed by atoms with E-state index in [9.17, 15) is 4.79 Å². The van der Waals surface area contributed by atoms with Crippen LogP contribution in [0.15, 0.2) is 60.7 Å². The van der Waals surface area contributed by atoms with Crippen LogP contribution in [0, 0.1) is 11.8 Å². The fourth-order valence-corrected chi connectivity index (χ4v) is 2.40. The van der Waals surface area contributed by atoms with Gasteiger partial charge in [0.25, 0.3) is 5.91 Å². The van der Waals surface area contributed by atoms with Crippen LogP contribution in [0.25, 0.3) is 11.3 Å². The molecule has 5 heteroatoms. The predicted molar refractivity (Wildman–Crippen MR) is 104 cm³/mol. The quantitative estimate of drug-likeness (QED) is 0.716. The summed E-state index contributed by atoms with van der Waals surface area (Å²) < 4.78 is 0. The molecular weight excluding hydrogens is 324 g/mol. The molecule has 0 aliphatic carbocycles. The Morgan fingerprint density at radius 1 is 1.12 bits per heavy atom. The fourth-order valence-electron chi connectivity index (χ4n) is 2.40. The van der Waals surface area contributed by atoms with Gasteiger partial charge in [-0.15, -0.1) is 0 Å². The Balaban J connectivity index is 1.56. The molecule has 0 spiro atoms. The van der Waals surface area contributed by atoms with Crippen LogP contribution < -0.4 is 10.2 Å². The molecule has 2 aromatic carbocycles. The maximum atomic E-state index is 12.2. The zero-order chi connectivity index (χ0) is 18.4. The summed E-state index contributed by atoms with van der Waals surface area (Å²) in [6, 6.07) is 19.4. The molecule has 0 bridgehead atoms. The van der Waals surface area contributed by atoms with Gasteiger partial charge in [-0.05, 0) is 30.3 Å². The van der Waals surface area contributed by atoms with Gasteiger partial charge in [-0.25, -0.2) is 0 Å². The van der Waals surface area contributed by atoms with Crippen molar-refractivity contribution in [1.29, 1.82) is 0 Å². The Morgan fingerprint density at radius 3 is 2.54 bits per heavy atom. The largest absolute Gasteiger partial charge is 0.378 e. The van der Waals surface area contributed by atoms with Crippen molar-refractivity contribution in [3.8, 4) is 23.1 Å². The van der Waals surface area contributed by atoms with E-state index in [2.05, 4.69) is 27.4 Å². The maximum absolute atomic E-state index is 12.2. The lowest BCUT2D eigenvalue weighted by Gasteiger charge is -2.11. The van der Waals surface area contributed by atoms with Crippen LogP contribution in [0.5, 0.6) is 0 Å². The first-order valence-corrected chi connectivity index (χ1v) is 8.29. The van der Waals surface area contributed by atoms with E-state index in [1.54, 1.807) is 6.07 Å². The molecule has 26 heavy (non-hydrogen) atoms. The summed E-state index contributed by atoms with van der Waals surface area (Å²) in [5, 5.41) is 9.72. The summed E-state index contributed by atoms with van der Waals surface area (Å²) in [7, 11) is 3.99. The van der Waals surface area contributed by atoms with E-state index in [1.165, 1.54) is 0 Å². The minimum atomic E-state index is -0.225. The van der Waals surface area contributed by atoms with Crippen molar-refractivity contribution in [3.05, 3.63) is 71.9 Å². The van der Waals surface area contributed by atoms with E-state index in [0.717, 1.165) is 22.5 Å². The van der Waals surface area contributed by atoms with Crippen LogP contribution in [0.1, 0.15) is 16.1 Å². The number of carbonyl (C=O) groups is 1. The second kappa shape index (κ2) is 8.04. The number of H-pyrrole nitrogens is 1. The Kier molecular flexibility index (Phi) is 5.35. The normalized spacial score (nSPS) is 9.92. The minimum Gasteiger partial charge on any atom is -0.378 e. The fraction of sp³-hybridized carbons (Fsp3) is 0.143. The lowest BCUT2D eigenvalue weighted by atomic mass is 10.1. The van der Waals surface area contributed by atoms with E-state index in [1.807, 2.05) is 73.6 Å². The second-order valence-electron chi connectivity index (χ2n) is 5.96. The Morgan fingerprint density at radius 2 is 1.85 bits per heavy atom. The van der Waals surface area contributed by atoms with Gasteiger partial charge >= 0.3 is 0 Å². The van der Waals surface area contributed by atoms with Crippen molar-refractivity contribution in [1.82, 2.24) is 15.5 Å². The molecule has 0 aliphatic heterocycles. The highest BCUT2D eigenvalue weighted by molar-refractivity contribution is 5.93. The molecule has 3 aromatic rings. The van der Waals surface area contributed by atoms with Crippen molar-refractivity contribution in [2.45, 2.75) is 0 Å². The highest BCUT2D eigenvalue weighted by Gasteiger charge is 2.09. The van der Waals surface area contributed by atoms with Crippen molar-refractivity contribution in [2.75, 3.05) is 25.5 Å². The zero-order valence-corrected chi connectivity index (χ0v) is 14.8. The summed E-state index contributed by atoms with van der Waals surface area (Å²) in [4.78, 5) is 14.2. The van der Waals surface area contributed by atoms with Gasteiger partial charge in [0, 0.05) is 30.9 Å². The molecule has 0 saturated heterocycles. The van der Waals surface area contributed by atoms with Crippen LogP contribution in [0.3, 0.4) is 0 Å². The molecule has 0 saturated carbocycles. The molecule has 1 aromatic heterocycles. The number of hydrogen-bond acceptors (Lipinski definition) is 3. The lowest BCUT2D eigenvalue weighted by molar-refractivity contribution is 0.0953. The van der Waals surface area contributed by atoms with Gasteiger partial charge in [-0.3, -0.25) is 9.89 Å². The van der Waals surface area contributed by atoms with Crippen molar-refractivity contribution in [3.63, 3.8) is 0 Å². The zero-order valence-electron chi connectivity index (χ0n) is 14.8. The van der Waals surface area contributed by atoms with Gasteiger partial charge < -0.3 is 10.2 Å². The monoisotopic (exact) mass is 344 g/mol. The average Bonchev–Trinajstić information content (AvgIpc) is 3.16. The Bertz CT molecular complexity index is 931. The standard InChI is InChI=1S/C21H20N4O/c1-25(2)18-12-10-16(11-13-18)7-6-14-22-21(26)20-15-19(23-24-20)17-8-4-3-5-9-17/h3-5,8-13,15H,14H2,1-2H3,(H,22,26)(H,23,24). The third-order valence-electron chi connectivity index (χ3n) is 3.85. The van der Waals surface area contributed by atoms with Crippen LogP contribution in [-0.4, -0.2) is 36.7 Å². The highest BCUT2D eigenvalue weighted by Crippen LogP contribution is 2.16. The number of nitrogens with zero attached hydrogens (tertiary/aromatic N) is 2. The van der Waals surface area contributed by atoms with Gasteiger partial charge in [-0.2, -0.15) is 5.10 Å². The molecule has 0 radical (unpaired) electrons. The third kappa shape index (κ3) is 4.31. The molecular formula is C21H20N4O. The summed E-state index contributed by atoms with van der Waals surface area (Å²) in [5.74, 6) is 5.77. The summed E-state index contributed by atoms with van der Waals surface area (Å²) >= 11 is 0. The molecule has 1 amide bonds. The number of aromatic amines is 1. The molecule has 0 aliphatic rings. The second-order valence-corrected chi connectivity index (χ2v) is 5.96. The molecule has 0 fully saturated rings. The lowest BCUT2D eigenvalue weighted by Crippen LogP contribution is -2.23. The Labute approximate surface area is 153 Å². The number of hydrogen-bond donors (Lipinski definition) is 2. The first-order chi connectivity index (χ1) is 12.6. The third-order valence-corrected chi connectivity index (χ3v) is 3.85. The van der Waals surface area contributed by atoms with E-state index < -0.39 is 0 Å². The first kappa shape index (κ1) is 17.3. The number of amides is 1. The van der Waals surface area contributed by atoms with Gasteiger partial charge in [0.05, 0.1) is 12.2 Å². The highest BCUT2D eigenvalue weighted by atomic mass is 16.1. The molecule has 130 valence electrons. The molecule has 2 N–H and O–H groups in total. The summed E-state index contributed by atoms with van der Waals surface area (Å²) in [6.45, 7) is 0.272. The van der Waals surface area contributed by atoms with Crippen molar-refractivity contribution >= 4 is 11.6 Å². The Hall–Kier alpha value is -3.52. The van der Waals surface area contributed by atoms with Crippen molar-refractivity contribution < 1.29 is 4.79 Å².